The van der Waals surface area contributed by atoms with E-state index >= 15 is 0 Å². The maximum absolute atomic E-state index is 13.7. The first-order chi connectivity index (χ1) is 20.4. The Hall–Kier alpha value is -4.42. The van der Waals surface area contributed by atoms with Gasteiger partial charge in [0, 0.05) is 37.2 Å². The third kappa shape index (κ3) is 8.79. The van der Waals surface area contributed by atoms with Crippen LogP contribution < -0.4 is 5.32 Å². The Morgan fingerprint density at radius 2 is 1.67 bits per heavy atom. The van der Waals surface area contributed by atoms with E-state index in [2.05, 4.69) is 10.3 Å². The highest BCUT2D eigenvalue weighted by molar-refractivity contribution is 7.90. The summed E-state index contributed by atoms with van der Waals surface area (Å²) in [6.45, 7) is 0.0993. The molecular formula is C31H31F2N3O6S. The molecule has 0 aliphatic heterocycles. The highest BCUT2D eigenvalue weighted by atomic mass is 32.2. The van der Waals surface area contributed by atoms with Crippen molar-refractivity contribution in [2.75, 3.05) is 12.0 Å². The fourth-order valence-electron chi connectivity index (χ4n) is 4.49. The quantitative estimate of drug-likeness (QED) is 0.228. The Morgan fingerprint density at radius 1 is 1.02 bits per heavy atom. The molecule has 1 aromatic heterocycles. The molecular weight excluding hydrogens is 580 g/mol. The van der Waals surface area contributed by atoms with Gasteiger partial charge in [0.2, 0.25) is 0 Å². The van der Waals surface area contributed by atoms with E-state index in [0.29, 0.717) is 23.1 Å². The molecule has 43 heavy (non-hydrogen) atoms. The number of nitrogens with zero attached hydrogens (tertiary/aromatic N) is 2. The molecule has 0 saturated carbocycles. The summed E-state index contributed by atoms with van der Waals surface area (Å²) in [6, 6.07) is 14.9. The van der Waals surface area contributed by atoms with E-state index in [1.54, 1.807) is 36.8 Å². The highest BCUT2D eigenvalue weighted by Gasteiger charge is 2.24. The van der Waals surface area contributed by atoms with E-state index in [1.807, 2.05) is 11.6 Å². The van der Waals surface area contributed by atoms with E-state index < -0.39 is 45.4 Å². The van der Waals surface area contributed by atoms with Gasteiger partial charge in [0.15, 0.2) is 0 Å². The monoisotopic (exact) mass is 611 g/mol. The summed E-state index contributed by atoms with van der Waals surface area (Å²) in [7, 11) is -1.60. The zero-order valence-corrected chi connectivity index (χ0v) is 24.4. The molecule has 0 spiro atoms. The molecule has 0 fully saturated rings. The molecule has 226 valence electrons. The molecule has 12 heteroatoms. The van der Waals surface area contributed by atoms with Crippen LogP contribution in [0.15, 0.2) is 79.3 Å². The molecule has 2 atom stereocenters. The number of carbonyl (C=O) groups is 2. The Bertz CT molecular complexity index is 1690. The van der Waals surface area contributed by atoms with Gasteiger partial charge in [-0.25, -0.2) is 27.0 Å². The number of halogens is 2. The number of carbonyl (C=O) groups excluding carboxylic acids is 1. The van der Waals surface area contributed by atoms with E-state index in [-0.39, 0.29) is 24.4 Å². The number of carboxylic acids is 1. The summed E-state index contributed by atoms with van der Waals surface area (Å²) in [4.78, 5) is 29.2. The van der Waals surface area contributed by atoms with Gasteiger partial charge in [-0.15, -0.1) is 0 Å². The summed E-state index contributed by atoms with van der Waals surface area (Å²) in [6.07, 6.45) is 4.07. The van der Waals surface area contributed by atoms with Crippen LogP contribution in [0, 0.1) is 11.6 Å². The van der Waals surface area contributed by atoms with Crippen molar-refractivity contribution >= 4 is 21.7 Å². The predicted molar refractivity (Wildman–Crippen MR) is 156 cm³/mol. The number of sulfone groups is 1. The lowest BCUT2D eigenvalue weighted by Gasteiger charge is -2.20. The Morgan fingerprint density at radius 3 is 2.26 bits per heavy atom. The van der Waals surface area contributed by atoms with Crippen LogP contribution in [0.1, 0.15) is 39.7 Å². The fraction of sp³-hybridized carbons (Fsp3) is 0.258. The van der Waals surface area contributed by atoms with Gasteiger partial charge >= 0.3 is 5.97 Å². The molecule has 0 aliphatic carbocycles. The highest BCUT2D eigenvalue weighted by Crippen LogP contribution is 2.29. The first kappa shape index (κ1) is 31.5. The number of ether oxygens (including phenoxy) is 1. The molecule has 1 amide bonds. The zero-order valence-electron chi connectivity index (χ0n) is 23.5. The molecule has 4 aromatic rings. The predicted octanol–water partition coefficient (Wildman–Crippen LogP) is 4.48. The number of aromatic nitrogens is 2. The maximum atomic E-state index is 13.7. The number of nitrogens with one attached hydrogen (secondary N) is 1. The van der Waals surface area contributed by atoms with E-state index in [0.717, 1.165) is 17.5 Å². The van der Waals surface area contributed by atoms with Crippen LogP contribution in [-0.2, 0) is 39.4 Å². The van der Waals surface area contributed by atoms with Gasteiger partial charge in [-0.05, 0) is 65.1 Å². The number of carboxylic acid groups (broad SMARTS) is 1. The lowest BCUT2D eigenvalue weighted by Crippen LogP contribution is -2.42. The van der Waals surface area contributed by atoms with Gasteiger partial charge in [0.05, 0.1) is 24.8 Å². The van der Waals surface area contributed by atoms with E-state index in [4.69, 9.17) is 4.74 Å². The van der Waals surface area contributed by atoms with Crippen molar-refractivity contribution in [3.8, 4) is 11.1 Å². The molecule has 0 aliphatic rings. The van der Waals surface area contributed by atoms with Crippen molar-refractivity contribution in [2.24, 2.45) is 7.05 Å². The summed E-state index contributed by atoms with van der Waals surface area (Å²) in [5.74, 6) is -3.36. The van der Waals surface area contributed by atoms with Crippen molar-refractivity contribution in [1.82, 2.24) is 14.9 Å². The minimum Gasteiger partial charge on any atom is -0.480 e. The Labute approximate surface area is 248 Å². The Balaban J connectivity index is 1.62. The standard InChI is InChI=1S/C31H31F2N3O6S/c1-36-19-34-17-25(36)16-29(22-6-10-24(33)11-7-22)42-18-20-3-12-26(27(15-20)21-4-8-23(32)9-5-21)30(37)35-28(31(38)39)13-14-43(2,40)41/h3-12,15,17,19,28-29H,13-14,16,18H2,1-2H3,(H,35,37)(H,38,39)/t28-,29?/m0/s1. The van der Waals surface area contributed by atoms with Crippen molar-refractivity contribution in [3.05, 3.63) is 113 Å². The third-order valence-corrected chi connectivity index (χ3v) is 7.85. The van der Waals surface area contributed by atoms with Crippen LogP contribution >= 0.6 is 0 Å². The Kier molecular flexibility index (Phi) is 10.0. The van der Waals surface area contributed by atoms with Gasteiger partial charge in [0.1, 0.15) is 27.5 Å². The second kappa shape index (κ2) is 13.7. The largest absolute Gasteiger partial charge is 0.480 e. The molecule has 4 rings (SSSR count). The number of hydrogen-bond donors (Lipinski definition) is 2. The molecule has 3 aromatic carbocycles. The van der Waals surface area contributed by atoms with Crippen LogP contribution in [0.25, 0.3) is 11.1 Å². The van der Waals surface area contributed by atoms with Crippen LogP contribution in [0.2, 0.25) is 0 Å². The van der Waals surface area contributed by atoms with E-state index in [1.165, 1.54) is 42.5 Å². The SMILES string of the molecule is Cn1cncc1CC(OCc1ccc(C(=O)N[C@@H](CCS(C)(=O)=O)C(=O)O)c(-c2ccc(F)cc2)c1)c1ccc(F)cc1. The molecule has 0 saturated heterocycles. The number of aliphatic carboxylic acids is 1. The van der Waals surface area contributed by atoms with Crippen molar-refractivity contribution in [1.29, 1.82) is 0 Å². The second-order valence-corrected chi connectivity index (χ2v) is 12.5. The summed E-state index contributed by atoms with van der Waals surface area (Å²) in [5.41, 5.74) is 3.34. The number of rotatable bonds is 13. The number of benzene rings is 3. The molecule has 0 radical (unpaired) electrons. The van der Waals surface area contributed by atoms with Gasteiger partial charge in [-0.3, -0.25) is 4.79 Å². The van der Waals surface area contributed by atoms with Gasteiger partial charge in [0.25, 0.3) is 5.91 Å². The normalized spacial score (nSPS) is 12.9. The first-order valence-electron chi connectivity index (χ1n) is 13.3. The lowest BCUT2D eigenvalue weighted by atomic mass is 9.96. The molecule has 1 heterocycles. The second-order valence-electron chi connectivity index (χ2n) is 10.2. The van der Waals surface area contributed by atoms with Crippen molar-refractivity contribution in [2.45, 2.75) is 31.6 Å². The van der Waals surface area contributed by atoms with Crippen LogP contribution in [0.4, 0.5) is 8.78 Å². The summed E-state index contributed by atoms with van der Waals surface area (Å²) < 4.78 is 58.6. The number of hydrogen-bond acceptors (Lipinski definition) is 6. The molecule has 2 N–H and O–H groups in total. The molecule has 1 unspecified atom stereocenters. The number of imidazole rings is 1. The van der Waals surface area contributed by atoms with Crippen molar-refractivity contribution in [3.63, 3.8) is 0 Å². The van der Waals surface area contributed by atoms with Gasteiger partial charge in [-0.1, -0.05) is 30.3 Å². The lowest BCUT2D eigenvalue weighted by molar-refractivity contribution is -0.139. The van der Waals surface area contributed by atoms with Crippen molar-refractivity contribution < 1.29 is 36.6 Å². The minimum atomic E-state index is -3.46. The van der Waals surface area contributed by atoms with Crippen LogP contribution in [-0.4, -0.2) is 53.0 Å². The smallest absolute Gasteiger partial charge is 0.326 e. The molecule has 0 bridgehead atoms. The minimum absolute atomic E-state index is 0.0993. The van der Waals surface area contributed by atoms with Crippen LogP contribution in [0.3, 0.4) is 0 Å². The van der Waals surface area contributed by atoms with Gasteiger partial charge < -0.3 is 19.7 Å². The van der Waals surface area contributed by atoms with E-state index in [9.17, 15) is 31.9 Å². The topological polar surface area (TPSA) is 128 Å². The average Bonchev–Trinajstić information content (AvgIpc) is 3.37. The third-order valence-electron chi connectivity index (χ3n) is 6.87. The number of aryl methyl sites for hydroxylation is 1. The summed E-state index contributed by atoms with van der Waals surface area (Å²) >= 11 is 0. The fourth-order valence-corrected chi connectivity index (χ4v) is 5.16. The summed E-state index contributed by atoms with van der Waals surface area (Å²) in [5, 5.41) is 12.0. The first-order valence-corrected chi connectivity index (χ1v) is 15.4. The number of amides is 1. The average molecular weight is 612 g/mol. The van der Waals surface area contributed by atoms with Gasteiger partial charge in [-0.2, -0.15) is 0 Å². The molecule has 9 nitrogen and oxygen atoms in total. The maximum Gasteiger partial charge on any atom is 0.326 e. The van der Waals surface area contributed by atoms with Crippen LogP contribution in [0.5, 0.6) is 0 Å². The zero-order chi connectivity index (χ0) is 31.1.